The SMILES string of the molecule is CCNS(=O)(=O)c1ccc(C)c(C(=O)N[C@H](C)[C@@H]2C[C@@H]3CC[C@@H]2C3)c1. The van der Waals surface area contributed by atoms with Gasteiger partial charge in [-0.3, -0.25) is 4.79 Å². The number of carbonyl (C=O) groups excluding carboxylic acids is 1. The number of benzene rings is 1. The molecule has 1 aromatic rings. The second kappa shape index (κ2) is 7.08. The molecule has 0 radical (unpaired) electrons. The van der Waals surface area contributed by atoms with Crippen LogP contribution in [0.25, 0.3) is 0 Å². The van der Waals surface area contributed by atoms with Gasteiger partial charge in [0.15, 0.2) is 0 Å². The molecule has 2 fully saturated rings. The predicted octanol–water partition coefficient (Wildman–Crippen LogP) is 2.85. The number of carbonyl (C=O) groups is 1. The van der Waals surface area contributed by atoms with Gasteiger partial charge in [0.1, 0.15) is 0 Å². The summed E-state index contributed by atoms with van der Waals surface area (Å²) in [6.07, 6.45) is 5.14. The van der Waals surface area contributed by atoms with Gasteiger partial charge in [0.25, 0.3) is 5.91 Å². The Balaban J connectivity index is 1.75. The molecule has 3 rings (SSSR count). The molecule has 2 bridgehead atoms. The van der Waals surface area contributed by atoms with E-state index in [1.54, 1.807) is 19.1 Å². The number of nitrogens with one attached hydrogen (secondary N) is 2. The molecule has 2 N–H and O–H groups in total. The third-order valence-electron chi connectivity index (χ3n) is 5.89. The van der Waals surface area contributed by atoms with Gasteiger partial charge in [0.05, 0.1) is 4.90 Å². The minimum Gasteiger partial charge on any atom is -0.349 e. The number of sulfonamides is 1. The Bertz CT molecular complexity index is 760. The van der Waals surface area contributed by atoms with Crippen molar-refractivity contribution < 1.29 is 13.2 Å². The lowest BCUT2D eigenvalue weighted by molar-refractivity contribution is 0.0914. The zero-order valence-electron chi connectivity index (χ0n) is 15.2. The van der Waals surface area contributed by atoms with E-state index in [9.17, 15) is 13.2 Å². The van der Waals surface area contributed by atoms with Crippen LogP contribution in [-0.4, -0.2) is 26.9 Å². The quantitative estimate of drug-likeness (QED) is 0.815. The average Bonchev–Trinajstić information content (AvgIpc) is 3.18. The zero-order chi connectivity index (χ0) is 18.2. The minimum atomic E-state index is -3.56. The number of rotatable bonds is 6. The summed E-state index contributed by atoms with van der Waals surface area (Å²) in [5.74, 6) is 1.95. The van der Waals surface area contributed by atoms with Crippen LogP contribution in [0.5, 0.6) is 0 Å². The van der Waals surface area contributed by atoms with E-state index in [1.165, 1.54) is 31.7 Å². The summed E-state index contributed by atoms with van der Waals surface area (Å²) in [4.78, 5) is 12.9. The average molecular weight is 365 g/mol. The van der Waals surface area contributed by atoms with Crippen LogP contribution in [0.15, 0.2) is 23.1 Å². The van der Waals surface area contributed by atoms with Gasteiger partial charge >= 0.3 is 0 Å². The predicted molar refractivity (Wildman–Crippen MR) is 97.9 cm³/mol. The van der Waals surface area contributed by atoms with Crippen LogP contribution in [0.1, 0.15) is 55.5 Å². The molecule has 1 aromatic carbocycles. The van der Waals surface area contributed by atoms with Crippen LogP contribution in [0.4, 0.5) is 0 Å². The molecule has 0 aromatic heterocycles. The van der Waals surface area contributed by atoms with Crippen molar-refractivity contribution in [2.24, 2.45) is 17.8 Å². The second-order valence-electron chi connectivity index (χ2n) is 7.58. The normalized spacial score (nSPS) is 26.6. The highest BCUT2D eigenvalue weighted by Crippen LogP contribution is 2.49. The van der Waals surface area contributed by atoms with Gasteiger partial charge in [-0.15, -0.1) is 0 Å². The van der Waals surface area contributed by atoms with Crippen molar-refractivity contribution in [2.45, 2.75) is 57.4 Å². The van der Waals surface area contributed by atoms with Gasteiger partial charge in [-0.25, -0.2) is 13.1 Å². The third kappa shape index (κ3) is 3.75. The Morgan fingerprint density at radius 1 is 1.28 bits per heavy atom. The molecule has 138 valence electrons. The highest BCUT2D eigenvalue weighted by molar-refractivity contribution is 7.89. The highest BCUT2D eigenvalue weighted by Gasteiger charge is 2.42. The van der Waals surface area contributed by atoms with E-state index in [1.807, 2.05) is 6.92 Å². The fourth-order valence-electron chi connectivity index (χ4n) is 4.58. The molecule has 0 heterocycles. The van der Waals surface area contributed by atoms with E-state index < -0.39 is 10.0 Å². The van der Waals surface area contributed by atoms with Gasteiger partial charge in [-0.2, -0.15) is 0 Å². The Hall–Kier alpha value is -1.40. The molecular weight excluding hydrogens is 336 g/mol. The van der Waals surface area contributed by atoms with Gasteiger partial charge in [-0.05, 0) is 68.6 Å². The standard InChI is InChI=1S/C19H28N2O3S/c1-4-20-25(23,24)16-8-5-12(2)17(11-16)19(22)21-13(3)18-10-14-6-7-15(18)9-14/h5,8,11,13-15,18,20H,4,6-7,9-10H2,1-3H3,(H,21,22)/t13-,14-,15-,18+/m1/s1. The van der Waals surface area contributed by atoms with Crippen LogP contribution >= 0.6 is 0 Å². The number of hydrogen-bond acceptors (Lipinski definition) is 3. The van der Waals surface area contributed by atoms with Gasteiger partial charge in [0.2, 0.25) is 10.0 Å². The van der Waals surface area contributed by atoms with Crippen molar-refractivity contribution in [3.8, 4) is 0 Å². The van der Waals surface area contributed by atoms with Gasteiger partial charge in [-0.1, -0.05) is 19.4 Å². The van der Waals surface area contributed by atoms with Gasteiger partial charge < -0.3 is 5.32 Å². The molecule has 0 saturated heterocycles. The molecule has 4 atom stereocenters. The monoisotopic (exact) mass is 364 g/mol. The topological polar surface area (TPSA) is 75.3 Å². The maximum Gasteiger partial charge on any atom is 0.251 e. The summed E-state index contributed by atoms with van der Waals surface area (Å²) in [5, 5.41) is 3.12. The van der Waals surface area contributed by atoms with Crippen LogP contribution in [-0.2, 0) is 10.0 Å². The Morgan fingerprint density at radius 2 is 2.04 bits per heavy atom. The highest BCUT2D eigenvalue weighted by atomic mass is 32.2. The Morgan fingerprint density at radius 3 is 2.64 bits per heavy atom. The summed E-state index contributed by atoms with van der Waals surface area (Å²) in [5.41, 5.74) is 1.22. The maximum absolute atomic E-state index is 12.7. The van der Waals surface area contributed by atoms with Crippen molar-refractivity contribution in [2.75, 3.05) is 6.54 Å². The summed E-state index contributed by atoms with van der Waals surface area (Å²) >= 11 is 0. The van der Waals surface area contributed by atoms with Crippen LogP contribution in [0.2, 0.25) is 0 Å². The van der Waals surface area contributed by atoms with Crippen LogP contribution in [0.3, 0.4) is 0 Å². The van der Waals surface area contributed by atoms with E-state index in [0.717, 1.165) is 17.4 Å². The van der Waals surface area contributed by atoms with E-state index in [4.69, 9.17) is 0 Å². The molecule has 2 aliphatic rings. The Labute approximate surface area is 150 Å². The Kier molecular flexibility index (Phi) is 5.21. The molecule has 2 aliphatic carbocycles. The lowest BCUT2D eigenvalue weighted by atomic mass is 9.84. The summed E-state index contributed by atoms with van der Waals surface area (Å²) < 4.78 is 26.9. The third-order valence-corrected chi connectivity index (χ3v) is 7.44. The van der Waals surface area contributed by atoms with Crippen molar-refractivity contribution in [1.82, 2.24) is 10.0 Å². The lowest BCUT2D eigenvalue weighted by Crippen LogP contribution is -2.40. The molecule has 0 spiro atoms. The molecular formula is C19H28N2O3S. The van der Waals surface area contributed by atoms with E-state index >= 15 is 0 Å². The maximum atomic E-state index is 12.7. The first kappa shape index (κ1) is 18.4. The van der Waals surface area contributed by atoms with Crippen molar-refractivity contribution >= 4 is 15.9 Å². The number of fused-ring (bicyclic) bond motifs is 2. The molecule has 2 saturated carbocycles. The van der Waals surface area contributed by atoms with Crippen molar-refractivity contribution in [3.05, 3.63) is 29.3 Å². The second-order valence-corrected chi connectivity index (χ2v) is 9.35. The fraction of sp³-hybridized carbons (Fsp3) is 0.632. The lowest BCUT2D eigenvalue weighted by Gasteiger charge is -2.28. The largest absolute Gasteiger partial charge is 0.349 e. The van der Waals surface area contributed by atoms with Crippen LogP contribution in [0, 0.1) is 24.7 Å². The fourth-order valence-corrected chi connectivity index (χ4v) is 5.65. The molecule has 0 aliphatic heterocycles. The molecule has 6 heteroatoms. The first-order valence-corrected chi connectivity index (χ1v) is 10.7. The van der Waals surface area contributed by atoms with E-state index in [2.05, 4.69) is 17.0 Å². The zero-order valence-corrected chi connectivity index (χ0v) is 16.0. The summed E-state index contributed by atoms with van der Waals surface area (Å²) in [6.45, 7) is 5.97. The molecule has 1 amide bonds. The van der Waals surface area contributed by atoms with Gasteiger partial charge in [0, 0.05) is 18.2 Å². The van der Waals surface area contributed by atoms with Crippen molar-refractivity contribution in [3.63, 3.8) is 0 Å². The summed E-state index contributed by atoms with van der Waals surface area (Å²) in [6, 6.07) is 4.84. The molecule has 5 nitrogen and oxygen atoms in total. The van der Waals surface area contributed by atoms with E-state index in [-0.39, 0.29) is 16.8 Å². The number of amides is 1. The number of aryl methyl sites for hydroxylation is 1. The smallest absolute Gasteiger partial charge is 0.251 e. The molecule has 0 unspecified atom stereocenters. The first-order chi connectivity index (χ1) is 11.8. The first-order valence-electron chi connectivity index (χ1n) is 9.23. The minimum absolute atomic E-state index is 0.122. The van der Waals surface area contributed by atoms with Crippen LogP contribution < -0.4 is 10.0 Å². The number of hydrogen-bond donors (Lipinski definition) is 2. The summed E-state index contributed by atoms with van der Waals surface area (Å²) in [7, 11) is -3.56. The van der Waals surface area contributed by atoms with Crippen molar-refractivity contribution in [1.29, 1.82) is 0 Å². The molecule has 25 heavy (non-hydrogen) atoms. The van der Waals surface area contributed by atoms with E-state index in [0.29, 0.717) is 18.0 Å².